The van der Waals surface area contributed by atoms with Crippen LogP contribution in [0.1, 0.15) is 77.6 Å². The third-order valence-electron chi connectivity index (χ3n) is 7.67. The number of nitrogens with zero attached hydrogens (tertiary/aromatic N) is 6. The Morgan fingerprint density at radius 1 is 0.941 bits per heavy atom. The van der Waals surface area contributed by atoms with Gasteiger partial charge in [0.1, 0.15) is 17.0 Å². The average Bonchev–Trinajstić information content (AvgIpc) is 3.56. The zero-order valence-electron chi connectivity index (χ0n) is 19.7. The standard InChI is InChI=1S/C27H28N6O/c1-15-16(2)30-27-25(29-15)24(19-6-4-17-3-5-18(17)11-19)31-26(32-27)20-9-10-34-23(12-20)21-13-28-33(14-21)22-7-8-22/h4,6,11,13-14,20,22-23H,3,5,7-10,12H2,1-2H3. The average molecular weight is 453 g/mol. The molecule has 1 aromatic carbocycles. The van der Waals surface area contributed by atoms with Crippen LogP contribution in [-0.4, -0.2) is 36.3 Å². The molecule has 0 spiro atoms. The molecule has 0 amide bonds. The predicted octanol–water partition coefficient (Wildman–Crippen LogP) is 4.97. The van der Waals surface area contributed by atoms with Gasteiger partial charge in [0.2, 0.25) is 0 Å². The summed E-state index contributed by atoms with van der Waals surface area (Å²) in [6, 6.07) is 7.27. The molecule has 0 bridgehead atoms. The Labute approximate surface area is 198 Å². The van der Waals surface area contributed by atoms with Crippen LogP contribution < -0.4 is 0 Å². The summed E-state index contributed by atoms with van der Waals surface area (Å²) in [4.78, 5) is 19.8. The molecule has 0 N–H and O–H groups in total. The summed E-state index contributed by atoms with van der Waals surface area (Å²) in [7, 11) is 0. The molecule has 1 saturated carbocycles. The maximum Gasteiger partial charge on any atom is 0.182 e. The Morgan fingerprint density at radius 2 is 1.79 bits per heavy atom. The van der Waals surface area contributed by atoms with Crippen molar-refractivity contribution < 1.29 is 4.74 Å². The van der Waals surface area contributed by atoms with Crippen LogP contribution in [0.3, 0.4) is 0 Å². The lowest BCUT2D eigenvalue weighted by Gasteiger charge is -2.28. The van der Waals surface area contributed by atoms with Gasteiger partial charge in [-0.1, -0.05) is 12.1 Å². The molecule has 2 unspecified atom stereocenters. The molecule has 7 heteroatoms. The topological polar surface area (TPSA) is 78.6 Å². The van der Waals surface area contributed by atoms with Gasteiger partial charge in [0.25, 0.3) is 0 Å². The van der Waals surface area contributed by atoms with E-state index in [0.717, 1.165) is 58.8 Å². The second kappa shape index (κ2) is 7.67. The molecular weight excluding hydrogens is 424 g/mol. The molecule has 7 nitrogen and oxygen atoms in total. The minimum absolute atomic E-state index is 0.0244. The first-order valence-electron chi connectivity index (χ1n) is 12.4. The molecule has 3 aromatic heterocycles. The number of rotatable bonds is 4. The Hall–Kier alpha value is -3.19. The van der Waals surface area contributed by atoms with Gasteiger partial charge in [-0.3, -0.25) is 4.68 Å². The summed E-state index contributed by atoms with van der Waals surface area (Å²) in [5.41, 5.74) is 9.35. The van der Waals surface area contributed by atoms with Crippen LogP contribution in [0.25, 0.3) is 22.4 Å². The molecule has 3 aliphatic rings. The van der Waals surface area contributed by atoms with E-state index in [1.54, 1.807) is 0 Å². The van der Waals surface area contributed by atoms with Gasteiger partial charge in [-0.15, -0.1) is 0 Å². The minimum atomic E-state index is 0.0244. The lowest BCUT2D eigenvalue weighted by Crippen LogP contribution is -2.20. The van der Waals surface area contributed by atoms with E-state index >= 15 is 0 Å². The fourth-order valence-electron chi connectivity index (χ4n) is 5.18. The lowest BCUT2D eigenvalue weighted by molar-refractivity contribution is 0.00396. The third-order valence-corrected chi connectivity index (χ3v) is 7.67. The highest BCUT2D eigenvalue weighted by Gasteiger charge is 2.31. The maximum atomic E-state index is 6.17. The number of hydrogen-bond donors (Lipinski definition) is 0. The molecule has 0 radical (unpaired) electrons. The molecule has 1 aliphatic heterocycles. The second-order valence-corrected chi connectivity index (χ2v) is 10.0. The van der Waals surface area contributed by atoms with Crippen molar-refractivity contribution in [2.24, 2.45) is 0 Å². The Balaban J connectivity index is 1.28. The fraction of sp³-hybridized carbons (Fsp3) is 0.444. The van der Waals surface area contributed by atoms with Crippen LogP contribution in [0, 0.1) is 13.8 Å². The maximum absolute atomic E-state index is 6.17. The third kappa shape index (κ3) is 3.41. The van der Waals surface area contributed by atoms with E-state index in [4.69, 9.17) is 24.7 Å². The lowest BCUT2D eigenvalue weighted by atomic mass is 9.86. The van der Waals surface area contributed by atoms with Gasteiger partial charge >= 0.3 is 0 Å². The number of hydrogen-bond acceptors (Lipinski definition) is 6. The minimum Gasteiger partial charge on any atom is -0.373 e. The molecule has 2 atom stereocenters. The number of aryl methyl sites for hydroxylation is 4. The normalized spacial score (nSPS) is 21.9. The molecule has 172 valence electrons. The van der Waals surface area contributed by atoms with Gasteiger partial charge in [-0.05, 0) is 69.6 Å². The van der Waals surface area contributed by atoms with Crippen molar-refractivity contribution >= 4 is 11.2 Å². The predicted molar refractivity (Wildman–Crippen MR) is 129 cm³/mol. The summed E-state index contributed by atoms with van der Waals surface area (Å²) in [6.45, 7) is 4.69. The van der Waals surface area contributed by atoms with Crippen LogP contribution in [-0.2, 0) is 17.6 Å². The van der Waals surface area contributed by atoms with E-state index < -0.39 is 0 Å². The van der Waals surface area contributed by atoms with Crippen LogP contribution in [0.5, 0.6) is 0 Å². The van der Waals surface area contributed by atoms with Gasteiger partial charge < -0.3 is 4.74 Å². The van der Waals surface area contributed by atoms with Crippen molar-refractivity contribution in [3.63, 3.8) is 0 Å². The quantitative estimate of drug-likeness (QED) is 0.435. The first-order valence-corrected chi connectivity index (χ1v) is 12.4. The first-order chi connectivity index (χ1) is 16.6. The molecule has 4 aromatic rings. The van der Waals surface area contributed by atoms with E-state index in [1.807, 2.05) is 20.0 Å². The van der Waals surface area contributed by atoms with E-state index in [1.165, 1.54) is 30.4 Å². The molecule has 1 saturated heterocycles. The SMILES string of the molecule is Cc1nc2nc(C3CCOC(c4cnn(C5CC5)c4)C3)nc(-c3ccc4c(c3)CC4)c2nc1C. The smallest absolute Gasteiger partial charge is 0.182 e. The van der Waals surface area contributed by atoms with Crippen LogP contribution >= 0.6 is 0 Å². The highest BCUT2D eigenvalue weighted by atomic mass is 16.5. The van der Waals surface area contributed by atoms with Crippen molar-refractivity contribution in [1.29, 1.82) is 0 Å². The van der Waals surface area contributed by atoms with E-state index in [2.05, 4.69) is 34.2 Å². The van der Waals surface area contributed by atoms with E-state index in [9.17, 15) is 0 Å². The van der Waals surface area contributed by atoms with Crippen LogP contribution in [0.2, 0.25) is 0 Å². The van der Waals surface area contributed by atoms with Gasteiger partial charge in [0, 0.05) is 29.8 Å². The van der Waals surface area contributed by atoms with Gasteiger partial charge in [-0.2, -0.15) is 5.10 Å². The van der Waals surface area contributed by atoms with Gasteiger partial charge in [-0.25, -0.2) is 19.9 Å². The summed E-state index contributed by atoms with van der Waals surface area (Å²) in [6.07, 6.45) is 10.7. The van der Waals surface area contributed by atoms with Gasteiger partial charge in [0.05, 0.1) is 29.7 Å². The Morgan fingerprint density at radius 3 is 2.59 bits per heavy atom. The number of aromatic nitrogens is 6. The Kier molecular flexibility index (Phi) is 4.56. The van der Waals surface area contributed by atoms with Crippen molar-refractivity contribution in [3.8, 4) is 11.3 Å². The van der Waals surface area contributed by atoms with Crippen LogP contribution in [0.15, 0.2) is 30.6 Å². The largest absolute Gasteiger partial charge is 0.373 e. The monoisotopic (exact) mass is 452 g/mol. The molecule has 2 fully saturated rings. The molecule has 2 aliphatic carbocycles. The number of ether oxygens (including phenoxy) is 1. The molecule has 4 heterocycles. The molecule has 34 heavy (non-hydrogen) atoms. The highest BCUT2D eigenvalue weighted by molar-refractivity contribution is 5.87. The number of benzene rings is 1. The molecule has 7 rings (SSSR count). The van der Waals surface area contributed by atoms with E-state index in [0.29, 0.717) is 18.3 Å². The molecular formula is C27H28N6O. The zero-order chi connectivity index (χ0) is 22.8. The van der Waals surface area contributed by atoms with Crippen molar-refractivity contribution in [2.75, 3.05) is 6.61 Å². The van der Waals surface area contributed by atoms with Crippen LogP contribution in [0.4, 0.5) is 0 Å². The second-order valence-electron chi connectivity index (χ2n) is 10.0. The zero-order valence-corrected chi connectivity index (χ0v) is 19.7. The van der Waals surface area contributed by atoms with Crippen molar-refractivity contribution in [1.82, 2.24) is 29.7 Å². The first kappa shape index (κ1) is 20.2. The summed E-state index contributed by atoms with van der Waals surface area (Å²) in [5, 5.41) is 4.57. The van der Waals surface area contributed by atoms with E-state index in [-0.39, 0.29) is 12.0 Å². The number of fused-ring (bicyclic) bond motifs is 2. The fourth-order valence-corrected chi connectivity index (χ4v) is 5.18. The summed E-state index contributed by atoms with van der Waals surface area (Å²) >= 11 is 0. The van der Waals surface area contributed by atoms with Crippen molar-refractivity contribution in [3.05, 3.63) is 64.5 Å². The van der Waals surface area contributed by atoms with Gasteiger partial charge in [0.15, 0.2) is 5.65 Å². The summed E-state index contributed by atoms with van der Waals surface area (Å²) < 4.78 is 8.26. The summed E-state index contributed by atoms with van der Waals surface area (Å²) in [5.74, 6) is 1.06. The Bertz CT molecular complexity index is 1420. The highest BCUT2D eigenvalue weighted by Crippen LogP contribution is 2.40. The van der Waals surface area contributed by atoms with Crippen molar-refractivity contribution in [2.45, 2.75) is 70.4 Å².